The van der Waals surface area contributed by atoms with E-state index in [0.29, 0.717) is 24.1 Å². The highest BCUT2D eigenvalue weighted by Gasteiger charge is 2.38. The van der Waals surface area contributed by atoms with Crippen LogP contribution in [0, 0.1) is 11.7 Å². The number of carbonyl (C=O) groups is 2. The molecule has 0 spiro atoms. The Morgan fingerprint density at radius 2 is 1.90 bits per heavy atom. The van der Waals surface area contributed by atoms with Gasteiger partial charge in [0.15, 0.2) is 5.96 Å². The van der Waals surface area contributed by atoms with Crippen LogP contribution in [0.25, 0.3) is 0 Å². The Morgan fingerprint density at radius 1 is 1.23 bits per heavy atom. The molecule has 1 heterocycles. The number of guanidine groups is 1. The first kappa shape index (κ1) is 21.5. The molecule has 1 atom stereocenters. The fourth-order valence-corrected chi connectivity index (χ4v) is 3.26. The van der Waals surface area contributed by atoms with Crippen LogP contribution in [0.5, 0.6) is 0 Å². The number of amides is 2. The van der Waals surface area contributed by atoms with Crippen LogP contribution in [0.2, 0.25) is 0 Å². The summed E-state index contributed by atoms with van der Waals surface area (Å²) in [6.07, 6.45) is 0.307. The van der Waals surface area contributed by atoms with Gasteiger partial charge in [-0.25, -0.2) is 9.38 Å². The van der Waals surface area contributed by atoms with E-state index in [2.05, 4.69) is 10.3 Å². The molecule has 0 aliphatic carbocycles. The van der Waals surface area contributed by atoms with Crippen molar-refractivity contribution in [3.05, 3.63) is 71.0 Å². The third-order valence-corrected chi connectivity index (χ3v) is 5.65. The number of carbonyl (C=O) groups excluding carboxylic acids is 2. The molecule has 2 aromatic carbocycles. The van der Waals surface area contributed by atoms with Crippen LogP contribution in [-0.2, 0) is 17.9 Å². The van der Waals surface area contributed by atoms with Crippen molar-refractivity contribution in [2.75, 3.05) is 0 Å². The molecular formula is C23H27FN4O2. The van der Waals surface area contributed by atoms with Crippen molar-refractivity contribution < 1.29 is 14.0 Å². The molecule has 0 saturated carbocycles. The molecule has 158 valence electrons. The van der Waals surface area contributed by atoms with Gasteiger partial charge in [-0.3, -0.25) is 14.5 Å². The number of nitrogens with zero attached hydrogens (tertiary/aromatic N) is 2. The molecular weight excluding hydrogens is 383 g/mol. The van der Waals surface area contributed by atoms with Crippen LogP contribution in [-0.4, -0.2) is 28.2 Å². The first-order valence-electron chi connectivity index (χ1n) is 9.96. The van der Waals surface area contributed by atoms with Crippen LogP contribution in [0.3, 0.4) is 0 Å². The van der Waals surface area contributed by atoms with Crippen molar-refractivity contribution in [1.82, 2.24) is 10.2 Å². The Balaban J connectivity index is 1.64. The maximum atomic E-state index is 13.7. The number of halogens is 1. The summed E-state index contributed by atoms with van der Waals surface area (Å²) in [7, 11) is 0. The summed E-state index contributed by atoms with van der Waals surface area (Å²) < 4.78 is 13.7. The average Bonchev–Trinajstić information content (AvgIpc) is 2.70. The smallest absolute Gasteiger partial charge is 0.251 e. The Hall–Kier alpha value is -3.22. The lowest BCUT2D eigenvalue weighted by Gasteiger charge is -2.37. The maximum Gasteiger partial charge on any atom is 0.251 e. The van der Waals surface area contributed by atoms with Crippen LogP contribution < -0.4 is 11.1 Å². The number of nitrogens with two attached hydrogens (primary N) is 1. The second-order valence-electron chi connectivity index (χ2n) is 8.11. The molecule has 7 heteroatoms. The summed E-state index contributed by atoms with van der Waals surface area (Å²) in [6.45, 7) is 6.39. The van der Waals surface area contributed by atoms with Crippen molar-refractivity contribution in [3.8, 4) is 0 Å². The molecule has 0 fully saturated rings. The molecule has 0 saturated heterocycles. The fourth-order valence-electron chi connectivity index (χ4n) is 3.26. The standard InChI is InChI=1S/C23H27FN4O2/c1-15(2)23(3)12-20(29)28(22(25)27-23)14-16-8-10-17(11-9-16)21(30)26-13-18-6-4-5-7-19(18)24/h4-11,15H,12-14H2,1-3H3,(H2,25,27)(H,26,30)/t23-/m0/s1. The largest absolute Gasteiger partial charge is 0.369 e. The number of nitrogens with one attached hydrogen (secondary N) is 1. The predicted octanol–water partition coefficient (Wildman–Crippen LogP) is 3.22. The van der Waals surface area contributed by atoms with E-state index in [0.717, 1.165) is 5.56 Å². The highest BCUT2D eigenvalue weighted by Crippen LogP contribution is 2.30. The molecule has 1 aliphatic rings. The molecule has 0 bridgehead atoms. The van der Waals surface area contributed by atoms with Crippen LogP contribution in [0.4, 0.5) is 4.39 Å². The van der Waals surface area contributed by atoms with Gasteiger partial charge in [0.05, 0.1) is 18.5 Å². The van der Waals surface area contributed by atoms with E-state index in [-0.39, 0.29) is 36.1 Å². The molecule has 30 heavy (non-hydrogen) atoms. The zero-order valence-electron chi connectivity index (χ0n) is 17.5. The SMILES string of the molecule is CC(C)[C@]1(C)CC(=O)N(Cc2ccc(C(=O)NCc3ccccc3F)cc2)C(N)=N1. The third-order valence-electron chi connectivity index (χ3n) is 5.65. The predicted molar refractivity (Wildman–Crippen MR) is 114 cm³/mol. The van der Waals surface area contributed by atoms with E-state index in [9.17, 15) is 14.0 Å². The molecule has 0 aromatic heterocycles. The molecule has 0 unspecified atom stereocenters. The van der Waals surface area contributed by atoms with Gasteiger partial charge in [-0.2, -0.15) is 0 Å². The Labute approximate surface area is 176 Å². The number of rotatable bonds is 6. The Morgan fingerprint density at radius 3 is 2.50 bits per heavy atom. The number of hydrogen-bond donors (Lipinski definition) is 2. The third kappa shape index (κ3) is 4.67. The lowest BCUT2D eigenvalue weighted by Crippen LogP contribution is -2.51. The Kier molecular flexibility index (Phi) is 6.20. The molecule has 3 N–H and O–H groups in total. The van der Waals surface area contributed by atoms with Crippen molar-refractivity contribution in [2.24, 2.45) is 16.6 Å². The fraction of sp³-hybridized carbons (Fsp3) is 0.348. The highest BCUT2D eigenvalue weighted by atomic mass is 19.1. The zero-order valence-corrected chi connectivity index (χ0v) is 17.5. The van der Waals surface area contributed by atoms with Crippen LogP contribution in [0.1, 0.15) is 48.7 Å². The van der Waals surface area contributed by atoms with Gasteiger partial charge in [0, 0.05) is 17.7 Å². The summed E-state index contributed by atoms with van der Waals surface area (Å²) in [5, 5.41) is 2.71. The van der Waals surface area contributed by atoms with Crippen molar-refractivity contribution in [3.63, 3.8) is 0 Å². The summed E-state index contributed by atoms with van der Waals surface area (Å²) in [4.78, 5) is 31.0. The average molecular weight is 410 g/mol. The van der Waals surface area contributed by atoms with E-state index in [1.54, 1.807) is 42.5 Å². The van der Waals surface area contributed by atoms with E-state index < -0.39 is 5.54 Å². The van der Waals surface area contributed by atoms with Crippen molar-refractivity contribution >= 4 is 17.8 Å². The first-order valence-corrected chi connectivity index (χ1v) is 9.96. The zero-order chi connectivity index (χ0) is 21.9. The maximum absolute atomic E-state index is 13.7. The van der Waals surface area contributed by atoms with Crippen molar-refractivity contribution in [1.29, 1.82) is 0 Å². The van der Waals surface area contributed by atoms with Crippen LogP contribution >= 0.6 is 0 Å². The molecule has 0 radical (unpaired) electrons. The Bertz CT molecular complexity index is 971. The van der Waals surface area contributed by atoms with Gasteiger partial charge < -0.3 is 11.1 Å². The van der Waals surface area contributed by atoms with E-state index >= 15 is 0 Å². The van der Waals surface area contributed by atoms with E-state index in [1.807, 2.05) is 20.8 Å². The number of hydrogen-bond acceptors (Lipinski definition) is 4. The molecule has 3 rings (SSSR count). The van der Waals surface area contributed by atoms with Gasteiger partial charge in [-0.1, -0.05) is 44.2 Å². The van der Waals surface area contributed by atoms with E-state index in [1.165, 1.54) is 11.0 Å². The molecule has 1 aliphatic heterocycles. The quantitative estimate of drug-likeness (QED) is 0.766. The van der Waals surface area contributed by atoms with Gasteiger partial charge in [-0.05, 0) is 36.6 Å². The first-order chi connectivity index (χ1) is 14.2. The van der Waals surface area contributed by atoms with Gasteiger partial charge in [0.25, 0.3) is 5.91 Å². The highest BCUT2D eigenvalue weighted by molar-refractivity contribution is 5.99. The van der Waals surface area contributed by atoms with Crippen molar-refractivity contribution in [2.45, 2.75) is 45.8 Å². The number of aliphatic imine (C=N–C) groups is 1. The van der Waals surface area contributed by atoms with Gasteiger partial charge in [-0.15, -0.1) is 0 Å². The molecule has 2 amide bonds. The lowest BCUT2D eigenvalue weighted by atomic mass is 9.84. The molecule has 2 aromatic rings. The van der Waals surface area contributed by atoms with Gasteiger partial charge >= 0.3 is 0 Å². The minimum Gasteiger partial charge on any atom is -0.369 e. The second kappa shape index (κ2) is 8.65. The summed E-state index contributed by atoms with van der Waals surface area (Å²) in [5.74, 6) is -0.302. The lowest BCUT2D eigenvalue weighted by molar-refractivity contribution is -0.130. The van der Waals surface area contributed by atoms with Crippen LogP contribution in [0.15, 0.2) is 53.5 Å². The molecule has 6 nitrogen and oxygen atoms in total. The summed E-state index contributed by atoms with van der Waals surface area (Å²) in [5.41, 5.74) is 7.30. The topological polar surface area (TPSA) is 87.8 Å². The number of benzene rings is 2. The summed E-state index contributed by atoms with van der Waals surface area (Å²) in [6, 6.07) is 13.2. The minimum atomic E-state index is -0.488. The van der Waals surface area contributed by atoms with E-state index in [4.69, 9.17) is 5.73 Å². The minimum absolute atomic E-state index is 0.0644. The van der Waals surface area contributed by atoms with Gasteiger partial charge in [0.2, 0.25) is 5.91 Å². The summed E-state index contributed by atoms with van der Waals surface area (Å²) >= 11 is 0. The second-order valence-corrected chi connectivity index (χ2v) is 8.11. The van der Waals surface area contributed by atoms with Gasteiger partial charge in [0.1, 0.15) is 5.82 Å². The normalized spacial score (nSPS) is 19.0. The monoisotopic (exact) mass is 410 g/mol.